The Bertz CT molecular complexity index is 623. The van der Waals surface area contributed by atoms with Crippen LogP contribution in [0.25, 0.3) is 0 Å². The van der Waals surface area contributed by atoms with Gasteiger partial charge in [0.15, 0.2) is 18.1 Å². The molecule has 6 heteroatoms. The first-order chi connectivity index (χ1) is 10.2. The Balaban J connectivity index is 1.52. The molecule has 2 heterocycles. The minimum atomic E-state index is -0.225. The maximum atomic E-state index is 11.8. The SMILES string of the molecule is CC(NC(=O)COc1ccc2c(c1)OCO2)c1ccco1. The average Bonchev–Trinajstić information content (AvgIpc) is 3.15. The molecule has 3 rings (SSSR count). The van der Waals surface area contributed by atoms with Gasteiger partial charge < -0.3 is 23.9 Å². The summed E-state index contributed by atoms with van der Waals surface area (Å²) in [6.45, 7) is 1.97. The van der Waals surface area contributed by atoms with Crippen molar-refractivity contribution >= 4 is 5.91 Å². The van der Waals surface area contributed by atoms with Gasteiger partial charge in [-0.2, -0.15) is 0 Å². The molecule has 0 saturated heterocycles. The van der Waals surface area contributed by atoms with Crippen LogP contribution in [-0.4, -0.2) is 19.3 Å². The predicted octanol–water partition coefficient (Wildman–Crippen LogP) is 2.26. The van der Waals surface area contributed by atoms with Crippen molar-refractivity contribution in [1.29, 1.82) is 0 Å². The summed E-state index contributed by atoms with van der Waals surface area (Å²) in [5.41, 5.74) is 0. The maximum Gasteiger partial charge on any atom is 0.258 e. The first-order valence-electron chi connectivity index (χ1n) is 6.57. The third-order valence-electron chi connectivity index (χ3n) is 3.06. The van der Waals surface area contributed by atoms with Crippen LogP contribution in [0.2, 0.25) is 0 Å². The van der Waals surface area contributed by atoms with Crippen LogP contribution in [0.15, 0.2) is 41.0 Å². The number of hydrogen-bond donors (Lipinski definition) is 1. The number of carbonyl (C=O) groups excluding carboxylic acids is 1. The Kier molecular flexibility index (Phi) is 3.68. The van der Waals surface area contributed by atoms with Gasteiger partial charge in [-0.3, -0.25) is 4.79 Å². The highest BCUT2D eigenvalue weighted by molar-refractivity contribution is 5.77. The van der Waals surface area contributed by atoms with E-state index in [1.807, 2.05) is 13.0 Å². The molecule has 1 aromatic carbocycles. The minimum Gasteiger partial charge on any atom is -0.484 e. The molecule has 0 saturated carbocycles. The number of ether oxygens (including phenoxy) is 3. The van der Waals surface area contributed by atoms with Gasteiger partial charge in [0, 0.05) is 6.07 Å². The molecule has 0 aliphatic carbocycles. The fourth-order valence-corrected chi connectivity index (χ4v) is 2.01. The van der Waals surface area contributed by atoms with Gasteiger partial charge in [-0.15, -0.1) is 0 Å². The highest BCUT2D eigenvalue weighted by Crippen LogP contribution is 2.35. The van der Waals surface area contributed by atoms with Crippen molar-refractivity contribution in [3.05, 3.63) is 42.4 Å². The van der Waals surface area contributed by atoms with E-state index in [9.17, 15) is 4.79 Å². The minimum absolute atomic E-state index is 0.0787. The van der Waals surface area contributed by atoms with E-state index in [-0.39, 0.29) is 25.3 Å². The second-order valence-corrected chi connectivity index (χ2v) is 4.61. The molecule has 0 fully saturated rings. The molecule has 110 valence electrons. The number of hydrogen-bond acceptors (Lipinski definition) is 5. The van der Waals surface area contributed by atoms with Crippen molar-refractivity contribution in [3.8, 4) is 17.2 Å². The molecule has 1 atom stereocenters. The maximum absolute atomic E-state index is 11.8. The molecule has 1 aliphatic heterocycles. The summed E-state index contributed by atoms with van der Waals surface area (Å²) >= 11 is 0. The monoisotopic (exact) mass is 289 g/mol. The Morgan fingerprint density at radius 1 is 1.33 bits per heavy atom. The van der Waals surface area contributed by atoms with Crippen molar-refractivity contribution in [1.82, 2.24) is 5.32 Å². The second-order valence-electron chi connectivity index (χ2n) is 4.61. The third-order valence-corrected chi connectivity index (χ3v) is 3.06. The fraction of sp³-hybridized carbons (Fsp3) is 0.267. The largest absolute Gasteiger partial charge is 0.484 e. The highest BCUT2D eigenvalue weighted by atomic mass is 16.7. The number of furan rings is 1. The zero-order valence-corrected chi connectivity index (χ0v) is 11.5. The van der Waals surface area contributed by atoms with E-state index in [2.05, 4.69) is 5.32 Å². The molecule has 1 unspecified atom stereocenters. The first-order valence-corrected chi connectivity index (χ1v) is 6.57. The zero-order chi connectivity index (χ0) is 14.7. The highest BCUT2D eigenvalue weighted by Gasteiger charge is 2.15. The van der Waals surface area contributed by atoms with Crippen LogP contribution >= 0.6 is 0 Å². The van der Waals surface area contributed by atoms with Crippen molar-refractivity contribution in [2.75, 3.05) is 13.4 Å². The van der Waals surface area contributed by atoms with Gasteiger partial charge in [0.05, 0.1) is 12.3 Å². The van der Waals surface area contributed by atoms with Crippen LogP contribution in [0.5, 0.6) is 17.2 Å². The van der Waals surface area contributed by atoms with E-state index in [0.29, 0.717) is 23.0 Å². The molecule has 0 spiro atoms. The van der Waals surface area contributed by atoms with Crippen LogP contribution < -0.4 is 19.5 Å². The van der Waals surface area contributed by atoms with E-state index < -0.39 is 0 Å². The third kappa shape index (κ3) is 3.10. The predicted molar refractivity (Wildman–Crippen MR) is 73.3 cm³/mol. The summed E-state index contributed by atoms with van der Waals surface area (Å²) in [7, 11) is 0. The van der Waals surface area contributed by atoms with Crippen LogP contribution in [0.3, 0.4) is 0 Å². The Morgan fingerprint density at radius 3 is 3.00 bits per heavy atom. The molecule has 2 aromatic rings. The fourth-order valence-electron chi connectivity index (χ4n) is 2.01. The average molecular weight is 289 g/mol. The molecular weight excluding hydrogens is 274 g/mol. The lowest BCUT2D eigenvalue weighted by Crippen LogP contribution is -2.31. The summed E-state index contributed by atoms with van der Waals surface area (Å²) in [5, 5.41) is 2.79. The number of rotatable bonds is 5. The molecule has 1 amide bonds. The van der Waals surface area contributed by atoms with E-state index in [1.165, 1.54) is 0 Å². The summed E-state index contributed by atoms with van der Waals surface area (Å²) in [6.07, 6.45) is 1.57. The Labute approximate surface area is 121 Å². The Morgan fingerprint density at radius 2 is 2.19 bits per heavy atom. The van der Waals surface area contributed by atoms with Gasteiger partial charge in [0.1, 0.15) is 11.5 Å². The topological polar surface area (TPSA) is 69.9 Å². The van der Waals surface area contributed by atoms with Gasteiger partial charge in [0.25, 0.3) is 5.91 Å². The quantitative estimate of drug-likeness (QED) is 0.914. The van der Waals surface area contributed by atoms with Crippen molar-refractivity contribution < 1.29 is 23.4 Å². The number of nitrogens with one attached hydrogen (secondary N) is 1. The van der Waals surface area contributed by atoms with E-state index >= 15 is 0 Å². The van der Waals surface area contributed by atoms with Crippen LogP contribution in [0.1, 0.15) is 18.7 Å². The van der Waals surface area contributed by atoms with E-state index in [0.717, 1.165) is 0 Å². The molecular formula is C15H15NO5. The molecule has 0 radical (unpaired) electrons. The number of carbonyl (C=O) groups is 1. The summed E-state index contributed by atoms with van der Waals surface area (Å²) in [5.74, 6) is 2.33. The standard InChI is InChI=1S/C15H15NO5/c1-10(12-3-2-6-18-12)16-15(17)8-19-11-4-5-13-14(7-11)21-9-20-13/h2-7,10H,8-9H2,1H3,(H,16,17). The molecule has 21 heavy (non-hydrogen) atoms. The van der Waals surface area contributed by atoms with Gasteiger partial charge in [0.2, 0.25) is 6.79 Å². The van der Waals surface area contributed by atoms with Crippen LogP contribution in [0.4, 0.5) is 0 Å². The molecule has 0 bridgehead atoms. The summed E-state index contributed by atoms with van der Waals surface area (Å²) in [4.78, 5) is 11.8. The lowest BCUT2D eigenvalue weighted by molar-refractivity contribution is -0.123. The van der Waals surface area contributed by atoms with Gasteiger partial charge in [-0.05, 0) is 31.2 Å². The molecule has 1 N–H and O–H groups in total. The number of fused-ring (bicyclic) bond motifs is 1. The smallest absolute Gasteiger partial charge is 0.258 e. The van der Waals surface area contributed by atoms with Crippen LogP contribution in [-0.2, 0) is 4.79 Å². The molecule has 1 aromatic heterocycles. The van der Waals surface area contributed by atoms with Crippen molar-refractivity contribution in [2.45, 2.75) is 13.0 Å². The zero-order valence-electron chi connectivity index (χ0n) is 11.5. The van der Waals surface area contributed by atoms with Crippen molar-refractivity contribution in [2.24, 2.45) is 0 Å². The summed E-state index contributed by atoms with van der Waals surface area (Å²) in [6, 6.07) is 8.57. The second kappa shape index (κ2) is 5.78. The molecule has 6 nitrogen and oxygen atoms in total. The van der Waals surface area contributed by atoms with Gasteiger partial charge in [-0.1, -0.05) is 0 Å². The normalized spacial score (nSPS) is 13.8. The molecule has 1 aliphatic rings. The number of benzene rings is 1. The van der Waals surface area contributed by atoms with Gasteiger partial charge >= 0.3 is 0 Å². The first kappa shape index (κ1) is 13.4. The summed E-state index contributed by atoms with van der Waals surface area (Å²) < 4.78 is 21.1. The lowest BCUT2D eigenvalue weighted by Gasteiger charge is -2.12. The number of amides is 1. The van der Waals surface area contributed by atoms with E-state index in [4.69, 9.17) is 18.6 Å². The Hall–Kier alpha value is -2.63. The van der Waals surface area contributed by atoms with Crippen molar-refractivity contribution in [3.63, 3.8) is 0 Å². The van der Waals surface area contributed by atoms with Crippen LogP contribution in [0, 0.1) is 0 Å². The lowest BCUT2D eigenvalue weighted by atomic mass is 10.2. The van der Waals surface area contributed by atoms with E-state index in [1.54, 1.807) is 30.5 Å². The van der Waals surface area contributed by atoms with Gasteiger partial charge in [-0.25, -0.2) is 0 Å².